The molecule has 15 heavy (non-hydrogen) atoms. The van der Waals surface area contributed by atoms with E-state index in [0.29, 0.717) is 5.95 Å². The van der Waals surface area contributed by atoms with E-state index in [9.17, 15) is 0 Å². The first-order chi connectivity index (χ1) is 7.42. The fourth-order valence-electron chi connectivity index (χ4n) is 1.47. The van der Waals surface area contributed by atoms with Gasteiger partial charge in [0.1, 0.15) is 5.82 Å². The Kier molecular flexibility index (Phi) is 1.68. The molecule has 0 spiro atoms. The van der Waals surface area contributed by atoms with Crippen LogP contribution in [0.2, 0.25) is 0 Å². The van der Waals surface area contributed by atoms with Crippen LogP contribution in [0.25, 0.3) is 11.0 Å². The Labute approximate surface area is 85.5 Å². The van der Waals surface area contributed by atoms with Crippen LogP contribution in [0, 0.1) is 0 Å². The highest BCUT2D eigenvalue weighted by atomic mass is 15.2. The Morgan fingerprint density at radius 2 is 2.07 bits per heavy atom. The molecule has 0 unspecified atom stereocenters. The lowest BCUT2D eigenvalue weighted by atomic mass is 10.3. The van der Waals surface area contributed by atoms with E-state index in [4.69, 9.17) is 0 Å². The molecule has 0 atom stereocenters. The second-order valence-corrected chi connectivity index (χ2v) is 3.20. The Bertz CT molecular complexity index is 533. The van der Waals surface area contributed by atoms with Crippen LogP contribution in [0.3, 0.4) is 0 Å². The quantitative estimate of drug-likeness (QED) is 0.591. The number of para-hydroxylation sites is 2. The third-order valence-corrected chi connectivity index (χ3v) is 2.14. The molecule has 3 N–H and O–H groups in total. The highest BCUT2D eigenvalue weighted by molar-refractivity contribution is 5.77. The third kappa shape index (κ3) is 1.43. The van der Waals surface area contributed by atoms with Gasteiger partial charge in [-0.2, -0.15) is 5.10 Å². The van der Waals surface area contributed by atoms with Crippen molar-refractivity contribution in [1.82, 2.24) is 20.2 Å². The molecule has 0 bridgehead atoms. The first-order valence-corrected chi connectivity index (χ1v) is 4.63. The van der Waals surface area contributed by atoms with Crippen molar-refractivity contribution >= 4 is 22.8 Å². The summed E-state index contributed by atoms with van der Waals surface area (Å²) in [4.78, 5) is 7.54. The van der Waals surface area contributed by atoms with Crippen LogP contribution >= 0.6 is 0 Å². The van der Waals surface area contributed by atoms with Crippen LogP contribution in [-0.4, -0.2) is 20.2 Å². The SMILES string of the molecule is c1ccc2[nH]c(Nc3ccn[nH]3)nc2c1. The Balaban J connectivity index is 1.98. The predicted molar refractivity (Wildman–Crippen MR) is 58.0 cm³/mol. The van der Waals surface area contributed by atoms with E-state index in [1.807, 2.05) is 30.3 Å². The number of fused-ring (bicyclic) bond motifs is 1. The number of nitrogens with one attached hydrogen (secondary N) is 3. The zero-order valence-corrected chi connectivity index (χ0v) is 7.86. The number of aromatic amines is 2. The molecule has 2 aromatic heterocycles. The van der Waals surface area contributed by atoms with E-state index in [1.54, 1.807) is 6.20 Å². The monoisotopic (exact) mass is 199 g/mol. The van der Waals surface area contributed by atoms with Crippen LogP contribution in [0.5, 0.6) is 0 Å². The van der Waals surface area contributed by atoms with E-state index >= 15 is 0 Å². The van der Waals surface area contributed by atoms with Gasteiger partial charge in [-0.25, -0.2) is 4.98 Å². The van der Waals surface area contributed by atoms with Gasteiger partial charge >= 0.3 is 0 Å². The largest absolute Gasteiger partial charge is 0.324 e. The van der Waals surface area contributed by atoms with Crippen molar-refractivity contribution in [2.75, 3.05) is 5.32 Å². The van der Waals surface area contributed by atoms with Gasteiger partial charge in [-0.3, -0.25) is 5.10 Å². The van der Waals surface area contributed by atoms with Gasteiger partial charge in [0.05, 0.1) is 17.2 Å². The molecule has 5 heteroatoms. The first kappa shape index (κ1) is 8.05. The normalized spacial score (nSPS) is 10.7. The van der Waals surface area contributed by atoms with Gasteiger partial charge in [0.15, 0.2) is 0 Å². The lowest BCUT2D eigenvalue weighted by Gasteiger charge is -1.95. The van der Waals surface area contributed by atoms with Gasteiger partial charge in [-0.05, 0) is 12.1 Å². The maximum absolute atomic E-state index is 4.37. The molecule has 1 aromatic carbocycles. The fourth-order valence-corrected chi connectivity index (χ4v) is 1.47. The molecule has 74 valence electrons. The summed E-state index contributed by atoms with van der Waals surface area (Å²) in [5, 5.41) is 9.74. The maximum atomic E-state index is 4.37. The van der Waals surface area contributed by atoms with Crippen molar-refractivity contribution in [3.63, 3.8) is 0 Å². The summed E-state index contributed by atoms with van der Waals surface area (Å²) in [6, 6.07) is 9.72. The van der Waals surface area contributed by atoms with E-state index in [2.05, 4.69) is 25.5 Å². The van der Waals surface area contributed by atoms with Crippen LogP contribution in [0.15, 0.2) is 36.5 Å². The number of H-pyrrole nitrogens is 2. The molecule has 3 aromatic rings. The van der Waals surface area contributed by atoms with Crippen LogP contribution < -0.4 is 5.32 Å². The third-order valence-electron chi connectivity index (χ3n) is 2.14. The summed E-state index contributed by atoms with van der Waals surface area (Å²) < 4.78 is 0. The minimum atomic E-state index is 0.709. The number of hydrogen-bond donors (Lipinski definition) is 3. The summed E-state index contributed by atoms with van der Waals surface area (Å²) in [5.74, 6) is 1.52. The Hall–Kier alpha value is -2.30. The highest BCUT2D eigenvalue weighted by Crippen LogP contribution is 2.15. The van der Waals surface area contributed by atoms with Crippen LogP contribution in [-0.2, 0) is 0 Å². The molecule has 0 aliphatic heterocycles. The van der Waals surface area contributed by atoms with Gasteiger partial charge in [-0.1, -0.05) is 12.1 Å². The average molecular weight is 199 g/mol. The van der Waals surface area contributed by atoms with Gasteiger partial charge in [0, 0.05) is 6.07 Å². The van der Waals surface area contributed by atoms with Gasteiger partial charge in [0.25, 0.3) is 0 Å². The smallest absolute Gasteiger partial charge is 0.206 e. The summed E-state index contributed by atoms with van der Waals surface area (Å²) in [5.41, 5.74) is 1.96. The number of imidazole rings is 1. The van der Waals surface area contributed by atoms with Gasteiger partial charge in [0.2, 0.25) is 5.95 Å². The van der Waals surface area contributed by atoms with E-state index in [0.717, 1.165) is 16.9 Å². The second kappa shape index (κ2) is 3.13. The van der Waals surface area contributed by atoms with Crippen molar-refractivity contribution < 1.29 is 0 Å². The van der Waals surface area contributed by atoms with Gasteiger partial charge in [-0.15, -0.1) is 0 Å². The second-order valence-electron chi connectivity index (χ2n) is 3.20. The molecule has 5 nitrogen and oxygen atoms in total. The summed E-state index contributed by atoms with van der Waals surface area (Å²) >= 11 is 0. The van der Waals surface area contributed by atoms with Crippen molar-refractivity contribution in [3.8, 4) is 0 Å². The maximum Gasteiger partial charge on any atom is 0.206 e. The molecule has 0 fully saturated rings. The minimum absolute atomic E-state index is 0.709. The molecule has 0 radical (unpaired) electrons. The zero-order chi connectivity index (χ0) is 10.1. The number of rotatable bonds is 2. The van der Waals surface area contributed by atoms with E-state index in [1.165, 1.54) is 0 Å². The number of aromatic nitrogens is 4. The fraction of sp³-hybridized carbons (Fsp3) is 0. The van der Waals surface area contributed by atoms with Crippen molar-refractivity contribution in [1.29, 1.82) is 0 Å². The lowest BCUT2D eigenvalue weighted by molar-refractivity contribution is 1.09. The summed E-state index contributed by atoms with van der Waals surface area (Å²) in [6.07, 6.45) is 1.69. The molecule has 2 heterocycles. The topological polar surface area (TPSA) is 69.4 Å². The van der Waals surface area contributed by atoms with Gasteiger partial charge < -0.3 is 10.3 Å². The van der Waals surface area contributed by atoms with Crippen molar-refractivity contribution in [3.05, 3.63) is 36.5 Å². The standard InChI is InChI=1S/C10H9N5/c1-2-4-8-7(3-1)12-10(13-8)14-9-5-6-11-15-9/h1-6H,(H3,11,12,13,14,15). The first-order valence-electron chi connectivity index (χ1n) is 4.63. The number of benzene rings is 1. The number of hydrogen-bond acceptors (Lipinski definition) is 3. The van der Waals surface area contributed by atoms with E-state index in [-0.39, 0.29) is 0 Å². The molecular weight excluding hydrogens is 190 g/mol. The van der Waals surface area contributed by atoms with Crippen molar-refractivity contribution in [2.24, 2.45) is 0 Å². The number of anilines is 2. The summed E-state index contributed by atoms with van der Waals surface area (Å²) in [7, 11) is 0. The highest BCUT2D eigenvalue weighted by Gasteiger charge is 2.01. The molecule has 0 saturated heterocycles. The van der Waals surface area contributed by atoms with Crippen LogP contribution in [0.1, 0.15) is 0 Å². The number of nitrogens with zero attached hydrogens (tertiary/aromatic N) is 2. The van der Waals surface area contributed by atoms with Crippen LogP contribution in [0.4, 0.5) is 11.8 Å². The molecular formula is C10H9N5. The Morgan fingerprint density at radius 1 is 1.13 bits per heavy atom. The molecule has 0 saturated carbocycles. The molecule has 3 rings (SSSR count). The molecule has 0 amide bonds. The molecule has 0 aliphatic rings. The summed E-state index contributed by atoms with van der Waals surface area (Å²) in [6.45, 7) is 0. The average Bonchev–Trinajstić information content (AvgIpc) is 2.86. The van der Waals surface area contributed by atoms with E-state index < -0.39 is 0 Å². The Morgan fingerprint density at radius 3 is 2.87 bits per heavy atom. The molecule has 0 aliphatic carbocycles. The zero-order valence-electron chi connectivity index (χ0n) is 7.86. The minimum Gasteiger partial charge on any atom is -0.324 e. The predicted octanol–water partition coefficient (Wildman–Crippen LogP) is 2.03. The van der Waals surface area contributed by atoms with Crippen molar-refractivity contribution in [2.45, 2.75) is 0 Å². The lowest BCUT2D eigenvalue weighted by Crippen LogP contribution is -1.91.